The molecule has 1 saturated heterocycles. The summed E-state index contributed by atoms with van der Waals surface area (Å²) in [5, 5.41) is 7.28. The van der Waals surface area contributed by atoms with Gasteiger partial charge in [0.1, 0.15) is 11.5 Å². The van der Waals surface area contributed by atoms with Gasteiger partial charge in [-0.05, 0) is 36.6 Å². The van der Waals surface area contributed by atoms with Crippen molar-refractivity contribution in [3.63, 3.8) is 0 Å². The first-order chi connectivity index (χ1) is 12.3. The molecule has 1 unspecified atom stereocenters. The lowest BCUT2D eigenvalue weighted by Crippen LogP contribution is -2.39. The first-order valence-electron chi connectivity index (χ1n) is 9.24. The molecule has 1 amide bonds. The first kappa shape index (κ1) is 18.4. The number of aromatic nitrogens is 3. The summed E-state index contributed by atoms with van der Waals surface area (Å²) in [5.74, 6) is 1.31. The summed E-state index contributed by atoms with van der Waals surface area (Å²) < 4.78 is 0. The van der Waals surface area contributed by atoms with Crippen LogP contribution in [0.4, 0.5) is 5.82 Å². The highest BCUT2D eigenvalue weighted by atomic mass is 16.2. The molecule has 1 atom stereocenters. The first-order valence-corrected chi connectivity index (χ1v) is 9.24. The average molecular weight is 355 g/mol. The lowest BCUT2D eigenvalue weighted by atomic mass is 9.90. The minimum atomic E-state index is -0.0460. The van der Waals surface area contributed by atoms with Crippen LogP contribution in [-0.2, 0) is 5.41 Å². The number of carbonyl (C=O) groups is 1. The van der Waals surface area contributed by atoms with E-state index < -0.39 is 0 Å². The van der Waals surface area contributed by atoms with Crippen LogP contribution in [0.25, 0.3) is 0 Å². The molecule has 26 heavy (non-hydrogen) atoms. The maximum atomic E-state index is 12.9. The molecule has 1 fully saturated rings. The maximum Gasteiger partial charge on any atom is 0.274 e. The lowest BCUT2D eigenvalue weighted by Gasteiger charge is -2.33. The molecule has 1 N–H and O–H groups in total. The predicted octanol–water partition coefficient (Wildman–Crippen LogP) is 3.19. The summed E-state index contributed by atoms with van der Waals surface area (Å²) in [5.41, 5.74) is 2.70. The third kappa shape index (κ3) is 3.89. The van der Waals surface area contributed by atoms with Gasteiger partial charge < -0.3 is 9.80 Å². The number of pyridine rings is 1. The fraction of sp³-hybridized carbons (Fsp3) is 0.550. The van der Waals surface area contributed by atoms with Crippen molar-refractivity contribution < 1.29 is 4.79 Å². The van der Waals surface area contributed by atoms with Gasteiger partial charge in [-0.3, -0.25) is 9.89 Å². The molecular weight excluding hydrogens is 326 g/mol. The van der Waals surface area contributed by atoms with Crippen LogP contribution in [0.15, 0.2) is 24.4 Å². The Morgan fingerprint density at radius 3 is 2.73 bits per heavy atom. The molecule has 3 heterocycles. The zero-order chi connectivity index (χ0) is 18.9. The van der Waals surface area contributed by atoms with Crippen LogP contribution in [0, 0.1) is 0 Å². The van der Waals surface area contributed by atoms with Crippen LogP contribution >= 0.6 is 0 Å². The van der Waals surface area contributed by atoms with E-state index in [0.29, 0.717) is 11.6 Å². The number of piperidine rings is 1. The van der Waals surface area contributed by atoms with E-state index in [2.05, 4.69) is 48.1 Å². The highest BCUT2D eigenvalue weighted by Gasteiger charge is 2.28. The van der Waals surface area contributed by atoms with Crippen molar-refractivity contribution in [3.05, 3.63) is 41.3 Å². The van der Waals surface area contributed by atoms with Gasteiger partial charge >= 0.3 is 0 Å². The molecule has 1 aliphatic heterocycles. The van der Waals surface area contributed by atoms with E-state index in [9.17, 15) is 4.79 Å². The normalized spacial score (nSPS) is 18.0. The molecule has 6 heteroatoms. The summed E-state index contributed by atoms with van der Waals surface area (Å²) in [6.07, 6.45) is 3.95. The van der Waals surface area contributed by atoms with Crippen molar-refractivity contribution in [3.8, 4) is 0 Å². The summed E-state index contributed by atoms with van der Waals surface area (Å²) in [4.78, 5) is 21.3. The largest absolute Gasteiger partial charge is 0.363 e. The number of H-pyrrole nitrogens is 1. The smallest absolute Gasteiger partial charge is 0.274 e. The van der Waals surface area contributed by atoms with E-state index >= 15 is 0 Å². The Kier molecular flexibility index (Phi) is 5.03. The van der Waals surface area contributed by atoms with Crippen LogP contribution in [0.5, 0.6) is 0 Å². The molecule has 0 bridgehead atoms. The zero-order valence-electron chi connectivity index (χ0n) is 16.4. The molecule has 0 spiro atoms. The van der Waals surface area contributed by atoms with Crippen molar-refractivity contribution >= 4 is 11.7 Å². The summed E-state index contributed by atoms with van der Waals surface area (Å²) in [7, 11) is 3.99. The van der Waals surface area contributed by atoms with Gasteiger partial charge in [0.25, 0.3) is 5.91 Å². The Morgan fingerprint density at radius 2 is 2.08 bits per heavy atom. The van der Waals surface area contributed by atoms with Gasteiger partial charge in [-0.15, -0.1) is 0 Å². The molecule has 2 aromatic heterocycles. The number of aromatic amines is 1. The molecule has 140 valence electrons. The number of hydrogen-bond donors (Lipinski definition) is 1. The highest BCUT2D eigenvalue weighted by Crippen LogP contribution is 2.29. The molecule has 6 nitrogen and oxygen atoms in total. The quantitative estimate of drug-likeness (QED) is 0.918. The fourth-order valence-corrected chi connectivity index (χ4v) is 3.34. The molecule has 1 aliphatic rings. The lowest BCUT2D eigenvalue weighted by molar-refractivity contribution is 0.0701. The van der Waals surface area contributed by atoms with Crippen molar-refractivity contribution in [2.75, 3.05) is 32.1 Å². The second-order valence-electron chi connectivity index (χ2n) is 8.35. The van der Waals surface area contributed by atoms with Gasteiger partial charge in [-0.2, -0.15) is 5.10 Å². The van der Waals surface area contributed by atoms with Crippen LogP contribution < -0.4 is 4.90 Å². The van der Waals surface area contributed by atoms with Gasteiger partial charge in [-0.1, -0.05) is 20.8 Å². The van der Waals surface area contributed by atoms with Crippen molar-refractivity contribution in [1.29, 1.82) is 0 Å². The second kappa shape index (κ2) is 7.09. The molecule has 0 radical (unpaired) electrons. The van der Waals surface area contributed by atoms with Gasteiger partial charge in [0.15, 0.2) is 0 Å². The van der Waals surface area contributed by atoms with E-state index in [4.69, 9.17) is 0 Å². The topological polar surface area (TPSA) is 65.1 Å². The summed E-state index contributed by atoms with van der Waals surface area (Å²) in [6.45, 7) is 7.85. The number of nitrogens with zero attached hydrogens (tertiary/aromatic N) is 4. The molecular formula is C20H29N5O. The Labute approximate surface area is 155 Å². The number of amides is 1. The second-order valence-corrected chi connectivity index (χ2v) is 8.35. The Bertz CT molecular complexity index is 775. The van der Waals surface area contributed by atoms with Gasteiger partial charge in [0, 0.05) is 50.4 Å². The minimum Gasteiger partial charge on any atom is -0.363 e. The third-order valence-electron chi connectivity index (χ3n) is 5.01. The van der Waals surface area contributed by atoms with E-state index in [1.54, 1.807) is 0 Å². The number of hydrogen-bond acceptors (Lipinski definition) is 4. The highest BCUT2D eigenvalue weighted by molar-refractivity contribution is 5.92. The monoisotopic (exact) mass is 355 g/mol. The maximum absolute atomic E-state index is 12.9. The number of nitrogens with one attached hydrogen (secondary N) is 1. The van der Waals surface area contributed by atoms with Crippen LogP contribution in [-0.4, -0.2) is 53.2 Å². The number of carbonyl (C=O) groups excluding carboxylic acids is 1. The van der Waals surface area contributed by atoms with Crippen LogP contribution in [0.1, 0.15) is 61.3 Å². The summed E-state index contributed by atoms with van der Waals surface area (Å²) in [6, 6.07) is 6.09. The molecule has 0 saturated carbocycles. The van der Waals surface area contributed by atoms with E-state index in [1.807, 2.05) is 36.2 Å². The fourth-order valence-electron chi connectivity index (χ4n) is 3.34. The standard InChI is InChI=1S/C20H29N5O/c1-20(2,3)17-12-16(22-23-17)19(26)25-10-6-7-15(13-25)14-8-9-21-18(11-14)24(4)5/h8-9,11-12,15H,6-7,10,13H2,1-5H3,(H,22,23). The molecule has 3 rings (SSSR count). The van der Waals surface area contributed by atoms with Crippen LogP contribution in [0.2, 0.25) is 0 Å². The Morgan fingerprint density at radius 1 is 1.31 bits per heavy atom. The van der Waals surface area contributed by atoms with E-state index in [1.165, 1.54) is 5.56 Å². The Hall–Kier alpha value is -2.37. The molecule has 2 aromatic rings. The minimum absolute atomic E-state index is 0.0170. The SMILES string of the molecule is CN(C)c1cc(C2CCCN(C(=O)c3cc(C(C)(C)C)[nH]n3)C2)ccn1. The average Bonchev–Trinajstić information content (AvgIpc) is 3.12. The van der Waals surface area contributed by atoms with Crippen molar-refractivity contribution in [2.45, 2.75) is 44.9 Å². The van der Waals surface area contributed by atoms with Crippen molar-refractivity contribution in [2.24, 2.45) is 0 Å². The number of rotatable bonds is 3. The third-order valence-corrected chi connectivity index (χ3v) is 5.01. The van der Waals surface area contributed by atoms with Crippen molar-refractivity contribution in [1.82, 2.24) is 20.1 Å². The number of anilines is 1. The van der Waals surface area contributed by atoms with E-state index in [0.717, 1.165) is 37.4 Å². The zero-order valence-corrected chi connectivity index (χ0v) is 16.4. The van der Waals surface area contributed by atoms with Crippen LogP contribution in [0.3, 0.4) is 0 Å². The summed E-state index contributed by atoms with van der Waals surface area (Å²) >= 11 is 0. The van der Waals surface area contributed by atoms with E-state index in [-0.39, 0.29) is 11.3 Å². The molecule has 0 aromatic carbocycles. The predicted molar refractivity (Wildman–Crippen MR) is 104 cm³/mol. The van der Waals surface area contributed by atoms with Gasteiger partial charge in [0.2, 0.25) is 0 Å². The molecule has 0 aliphatic carbocycles. The Balaban J connectivity index is 1.75. The number of likely N-dealkylation sites (tertiary alicyclic amines) is 1. The van der Waals surface area contributed by atoms with Gasteiger partial charge in [0.05, 0.1) is 0 Å². The van der Waals surface area contributed by atoms with Gasteiger partial charge in [-0.25, -0.2) is 4.98 Å².